The third-order valence-corrected chi connectivity index (χ3v) is 4.45. The predicted molar refractivity (Wildman–Crippen MR) is 111 cm³/mol. The van der Waals surface area contributed by atoms with Crippen LogP contribution in [0.5, 0.6) is 11.5 Å². The minimum atomic E-state index is 0.144. The lowest BCUT2D eigenvalue weighted by Gasteiger charge is -2.27. The zero-order valence-electron chi connectivity index (χ0n) is 16.8. The molecule has 0 saturated carbocycles. The number of aliphatic imine (C=N–C) groups is 1. The molecule has 2 aromatic rings. The Balaban J connectivity index is 2.02. The Hall–Kier alpha value is -2.73. The number of hydrogen-bond acceptors (Lipinski definition) is 4. The summed E-state index contributed by atoms with van der Waals surface area (Å²) < 4.78 is 10.9. The SMILES string of the molecule is CN=C(NCc1ccccc1OC)NCC(c1ccccc1OC)N(C)C. The highest BCUT2D eigenvalue weighted by Gasteiger charge is 2.18. The van der Waals surface area contributed by atoms with Gasteiger partial charge in [0.05, 0.1) is 20.3 Å². The van der Waals surface area contributed by atoms with Gasteiger partial charge in [-0.15, -0.1) is 0 Å². The minimum absolute atomic E-state index is 0.144. The summed E-state index contributed by atoms with van der Waals surface area (Å²) in [5, 5.41) is 6.75. The lowest BCUT2D eigenvalue weighted by Crippen LogP contribution is -2.41. The molecular weight excluding hydrogens is 340 g/mol. The first-order valence-corrected chi connectivity index (χ1v) is 8.96. The van der Waals surface area contributed by atoms with Gasteiger partial charge >= 0.3 is 0 Å². The van der Waals surface area contributed by atoms with Gasteiger partial charge in [0.25, 0.3) is 0 Å². The lowest BCUT2D eigenvalue weighted by molar-refractivity contribution is 0.287. The van der Waals surface area contributed by atoms with Crippen LogP contribution in [-0.2, 0) is 6.54 Å². The van der Waals surface area contributed by atoms with Crippen LogP contribution in [0.4, 0.5) is 0 Å². The van der Waals surface area contributed by atoms with Crippen molar-refractivity contribution in [2.24, 2.45) is 4.99 Å². The summed E-state index contributed by atoms with van der Waals surface area (Å²) in [5.74, 6) is 2.48. The molecule has 0 fully saturated rings. The van der Waals surface area contributed by atoms with E-state index in [-0.39, 0.29) is 6.04 Å². The van der Waals surface area contributed by atoms with E-state index in [0.717, 1.165) is 28.6 Å². The van der Waals surface area contributed by atoms with Crippen molar-refractivity contribution in [2.75, 3.05) is 41.9 Å². The maximum Gasteiger partial charge on any atom is 0.191 e. The van der Waals surface area contributed by atoms with E-state index in [1.807, 2.05) is 42.5 Å². The van der Waals surface area contributed by atoms with E-state index in [9.17, 15) is 0 Å². The topological polar surface area (TPSA) is 58.1 Å². The second-order valence-corrected chi connectivity index (χ2v) is 6.34. The van der Waals surface area contributed by atoms with Crippen molar-refractivity contribution >= 4 is 5.96 Å². The molecule has 2 aromatic carbocycles. The van der Waals surface area contributed by atoms with Crippen molar-refractivity contribution in [1.29, 1.82) is 0 Å². The molecule has 0 aliphatic rings. The van der Waals surface area contributed by atoms with Crippen molar-refractivity contribution in [3.8, 4) is 11.5 Å². The van der Waals surface area contributed by atoms with Gasteiger partial charge in [0.15, 0.2) is 5.96 Å². The number of nitrogens with one attached hydrogen (secondary N) is 2. The standard InChI is InChI=1S/C21H30N4O2/c1-22-21(23-14-16-10-6-8-12-19(16)26-4)24-15-18(25(2)3)17-11-7-9-13-20(17)27-5/h6-13,18H,14-15H2,1-5H3,(H2,22,23,24). The van der Waals surface area contributed by atoms with Crippen LogP contribution in [0.25, 0.3) is 0 Å². The van der Waals surface area contributed by atoms with E-state index in [4.69, 9.17) is 9.47 Å². The summed E-state index contributed by atoms with van der Waals surface area (Å²) in [7, 11) is 9.27. The van der Waals surface area contributed by atoms with Crippen LogP contribution >= 0.6 is 0 Å². The van der Waals surface area contributed by atoms with Crippen LogP contribution in [0.15, 0.2) is 53.5 Å². The molecule has 6 heteroatoms. The van der Waals surface area contributed by atoms with Crippen LogP contribution in [0.1, 0.15) is 17.2 Å². The molecule has 0 saturated heterocycles. The van der Waals surface area contributed by atoms with E-state index in [2.05, 4.69) is 40.7 Å². The molecular formula is C21H30N4O2. The Morgan fingerprint density at radius 1 is 0.963 bits per heavy atom. The number of rotatable bonds is 8. The monoisotopic (exact) mass is 370 g/mol. The molecule has 2 N–H and O–H groups in total. The summed E-state index contributed by atoms with van der Waals surface area (Å²) in [6, 6.07) is 16.2. The van der Waals surface area contributed by atoms with Crippen LogP contribution in [0.2, 0.25) is 0 Å². The molecule has 0 spiro atoms. The number of benzene rings is 2. The Kier molecular flexibility index (Phi) is 7.95. The zero-order chi connectivity index (χ0) is 19.6. The zero-order valence-corrected chi connectivity index (χ0v) is 16.8. The average molecular weight is 370 g/mol. The highest BCUT2D eigenvalue weighted by Crippen LogP contribution is 2.27. The number of para-hydroxylation sites is 2. The van der Waals surface area contributed by atoms with Crippen molar-refractivity contribution < 1.29 is 9.47 Å². The molecule has 0 aliphatic carbocycles. The third kappa shape index (κ3) is 5.62. The second-order valence-electron chi connectivity index (χ2n) is 6.34. The van der Waals surface area contributed by atoms with Gasteiger partial charge in [0.2, 0.25) is 0 Å². The first-order chi connectivity index (χ1) is 13.1. The smallest absolute Gasteiger partial charge is 0.191 e. The largest absolute Gasteiger partial charge is 0.496 e. The molecule has 27 heavy (non-hydrogen) atoms. The molecule has 0 radical (unpaired) electrons. The van der Waals surface area contributed by atoms with Gasteiger partial charge in [-0.05, 0) is 26.2 Å². The minimum Gasteiger partial charge on any atom is -0.496 e. The molecule has 0 aliphatic heterocycles. The lowest BCUT2D eigenvalue weighted by atomic mass is 10.0. The van der Waals surface area contributed by atoms with Crippen molar-refractivity contribution in [3.05, 3.63) is 59.7 Å². The van der Waals surface area contributed by atoms with Gasteiger partial charge < -0.3 is 25.0 Å². The first-order valence-electron chi connectivity index (χ1n) is 8.96. The fourth-order valence-electron chi connectivity index (χ4n) is 2.95. The number of nitrogens with zero attached hydrogens (tertiary/aromatic N) is 2. The van der Waals surface area contributed by atoms with Gasteiger partial charge in [-0.25, -0.2) is 0 Å². The normalized spacial score (nSPS) is 12.6. The number of ether oxygens (including phenoxy) is 2. The average Bonchev–Trinajstić information content (AvgIpc) is 2.70. The fourth-order valence-corrected chi connectivity index (χ4v) is 2.95. The van der Waals surface area contributed by atoms with Crippen LogP contribution in [0, 0.1) is 0 Å². The summed E-state index contributed by atoms with van der Waals surface area (Å²) in [6.07, 6.45) is 0. The van der Waals surface area contributed by atoms with Gasteiger partial charge in [0.1, 0.15) is 11.5 Å². The first kappa shape index (κ1) is 20.6. The van der Waals surface area contributed by atoms with Crippen LogP contribution < -0.4 is 20.1 Å². The predicted octanol–water partition coefficient (Wildman–Crippen LogP) is 2.67. The number of guanidine groups is 1. The molecule has 1 unspecified atom stereocenters. The molecule has 2 rings (SSSR count). The quantitative estimate of drug-likeness (QED) is 0.553. The molecule has 0 amide bonds. The van der Waals surface area contributed by atoms with Gasteiger partial charge in [-0.2, -0.15) is 0 Å². The Bertz CT molecular complexity index is 746. The Labute approximate surface area is 162 Å². The second kappa shape index (κ2) is 10.4. The highest BCUT2D eigenvalue weighted by molar-refractivity contribution is 5.79. The van der Waals surface area contributed by atoms with Crippen molar-refractivity contribution in [1.82, 2.24) is 15.5 Å². The molecule has 0 aromatic heterocycles. The number of likely N-dealkylation sites (N-methyl/N-ethyl adjacent to an activating group) is 1. The summed E-state index contributed by atoms with van der Waals surface area (Å²) in [6.45, 7) is 1.32. The maximum atomic E-state index is 5.53. The van der Waals surface area contributed by atoms with Crippen LogP contribution in [0.3, 0.4) is 0 Å². The summed E-state index contributed by atoms with van der Waals surface area (Å²) >= 11 is 0. The van der Waals surface area contributed by atoms with E-state index in [0.29, 0.717) is 13.1 Å². The van der Waals surface area contributed by atoms with Crippen molar-refractivity contribution in [2.45, 2.75) is 12.6 Å². The fraction of sp³-hybridized carbons (Fsp3) is 0.381. The van der Waals surface area contributed by atoms with Gasteiger partial charge in [0, 0.05) is 31.3 Å². The molecule has 1 atom stereocenters. The molecule has 146 valence electrons. The van der Waals surface area contributed by atoms with E-state index in [1.165, 1.54) is 0 Å². The Morgan fingerprint density at radius 2 is 1.59 bits per heavy atom. The summed E-state index contributed by atoms with van der Waals surface area (Å²) in [5.41, 5.74) is 2.22. The maximum absolute atomic E-state index is 5.53. The van der Waals surface area contributed by atoms with E-state index >= 15 is 0 Å². The van der Waals surface area contributed by atoms with Crippen molar-refractivity contribution in [3.63, 3.8) is 0 Å². The number of methoxy groups -OCH3 is 2. The third-order valence-electron chi connectivity index (χ3n) is 4.45. The van der Waals surface area contributed by atoms with Gasteiger partial charge in [-0.1, -0.05) is 36.4 Å². The Morgan fingerprint density at radius 3 is 2.22 bits per heavy atom. The molecule has 0 bridgehead atoms. The van der Waals surface area contributed by atoms with Gasteiger partial charge in [-0.3, -0.25) is 4.99 Å². The molecule has 0 heterocycles. The van der Waals surface area contributed by atoms with E-state index in [1.54, 1.807) is 21.3 Å². The molecule has 6 nitrogen and oxygen atoms in total. The van der Waals surface area contributed by atoms with E-state index < -0.39 is 0 Å². The van der Waals surface area contributed by atoms with Crippen LogP contribution in [-0.4, -0.2) is 52.8 Å². The number of hydrogen-bond donors (Lipinski definition) is 2. The summed E-state index contributed by atoms with van der Waals surface area (Å²) in [4.78, 5) is 6.50. The highest BCUT2D eigenvalue weighted by atomic mass is 16.5.